The van der Waals surface area contributed by atoms with Crippen LogP contribution < -0.4 is 14.8 Å². The van der Waals surface area contributed by atoms with Crippen molar-refractivity contribution >= 4 is 17.5 Å². The van der Waals surface area contributed by atoms with E-state index in [2.05, 4.69) is 23.2 Å². The third kappa shape index (κ3) is 5.46. The first-order chi connectivity index (χ1) is 14.5. The fraction of sp³-hybridized carbons (Fsp3) is 0.458. The number of carbonyl (C=O) groups excluding carboxylic acids is 1. The minimum atomic E-state index is -0.0590. The van der Waals surface area contributed by atoms with Gasteiger partial charge >= 0.3 is 0 Å². The quantitative estimate of drug-likeness (QED) is 0.651. The molecule has 0 unspecified atom stereocenters. The van der Waals surface area contributed by atoms with E-state index in [4.69, 9.17) is 21.1 Å². The Labute approximate surface area is 184 Å². The number of nitrogens with zero attached hydrogens (tertiary/aromatic N) is 1. The van der Waals surface area contributed by atoms with Crippen LogP contribution in [-0.4, -0.2) is 38.1 Å². The third-order valence-electron chi connectivity index (χ3n) is 5.76. The summed E-state index contributed by atoms with van der Waals surface area (Å²) in [6.07, 6.45) is 2.72. The number of hydrogen-bond donors (Lipinski definition) is 1. The predicted octanol–water partition coefficient (Wildman–Crippen LogP) is 4.84. The Balaban J connectivity index is 1.64. The van der Waals surface area contributed by atoms with Crippen molar-refractivity contribution in [3.05, 3.63) is 58.6 Å². The highest BCUT2D eigenvalue weighted by molar-refractivity contribution is 6.31. The van der Waals surface area contributed by atoms with Crippen LogP contribution in [0, 0.1) is 5.92 Å². The number of halogens is 1. The normalized spacial score (nSPS) is 17.9. The Kier molecular flexibility index (Phi) is 8.00. The van der Waals surface area contributed by atoms with Gasteiger partial charge in [0.1, 0.15) is 0 Å². The molecule has 0 radical (unpaired) electrons. The summed E-state index contributed by atoms with van der Waals surface area (Å²) in [6, 6.07) is 13.7. The standard InChI is InChI=1S/C24H31ClN2O3/c1-4-21(17-11-12-22(29-2)23(14-17)30-3)26-24(28)19-9-7-13-27(16-19)15-18-8-5-6-10-20(18)25/h5-6,8,10-12,14,19,21H,4,7,9,13,15-16H2,1-3H3,(H,26,28)/t19-,21-/m1/s1. The van der Waals surface area contributed by atoms with Gasteiger partial charge in [-0.3, -0.25) is 9.69 Å². The van der Waals surface area contributed by atoms with Crippen molar-refractivity contribution in [2.75, 3.05) is 27.3 Å². The number of piperidine rings is 1. The molecule has 3 rings (SSSR count). The largest absolute Gasteiger partial charge is 0.493 e. The molecule has 0 aromatic heterocycles. The molecule has 6 heteroatoms. The highest BCUT2D eigenvalue weighted by Crippen LogP contribution is 2.31. The lowest BCUT2D eigenvalue weighted by atomic mass is 9.95. The summed E-state index contributed by atoms with van der Waals surface area (Å²) in [6.45, 7) is 4.59. The number of amides is 1. The number of rotatable bonds is 8. The van der Waals surface area contributed by atoms with Crippen LogP contribution in [0.1, 0.15) is 43.4 Å². The maximum Gasteiger partial charge on any atom is 0.224 e. The zero-order valence-corrected chi connectivity index (χ0v) is 18.7. The second-order valence-corrected chi connectivity index (χ2v) is 8.16. The number of carbonyl (C=O) groups is 1. The Hall–Kier alpha value is -2.24. The van der Waals surface area contributed by atoms with E-state index in [1.807, 2.05) is 36.4 Å². The van der Waals surface area contributed by atoms with Crippen LogP contribution in [0.4, 0.5) is 0 Å². The molecule has 0 saturated carbocycles. The van der Waals surface area contributed by atoms with Crippen LogP contribution in [0.3, 0.4) is 0 Å². The van der Waals surface area contributed by atoms with Crippen molar-refractivity contribution in [3.8, 4) is 11.5 Å². The van der Waals surface area contributed by atoms with Crippen LogP contribution in [0.25, 0.3) is 0 Å². The van der Waals surface area contributed by atoms with Crippen LogP contribution in [0.15, 0.2) is 42.5 Å². The summed E-state index contributed by atoms with van der Waals surface area (Å²) in [5, 5.41) is 4.03. The second-order valence-electron chi connectivity index (χ2n) is 7.75. The van der Waals surface area contributed by atoms with Crippen molar-refractivity contribution < 1.29 is 14.3 Å². The van der Waals surface area contributed by atoms with Gasteiger partial charge in [0.05, 0.1) is 26.2 Å². The lowest BCUT2D eigenvalue weighted by Gasteiger charge is -2.33. The minimum absolute atomic E-state index is 0.0181. The monoisotopic (exact) mass is 430 g/mol. The number of likely N-dealkylation sites (tertiary alicyclic amines) is 1. The molecule has 1 aliphatic rings. The van der Waals surface area contributed by atoms with Crippen molar-refractivity contribution in [3.63, 3.8) is 0 Å². The summed E-state index contributed by atoms with van der Waals surface area (Å²) < 4.78 is 10.7. The molecule has 30 heavy (non-hydrogen) atoms. The maximum atomic E-state index is 13.1. The third-order valence-corrected chi connectivity index (χ3v) is 6.13. The Morgan fingerprint density at radius 1 is 1.20 bits per heavy atom. The molecule has 1 N–H and O–H groups in total. The van der Waals surface area contributed by atoms with Gasteiger partial charge in [-0.2, -0.15) is 0 Å². The van der Waals surface area contributed by atoms with Crippen molar-refractivity contribution in [2.45, 2.75) is 38.8 Å². The van der Waals surface area contributed by atoms with E-state index in [1.54, 1.807) is 14.2 Å². The first kappa shape index (κ1) is 22.4. The molecule has 1 amide bonds. The van der Waals surface area contributed by atoms with E-state index in [1.165, 1.54) is 0 Å². The maximum absolute atomic E-state index is 13.1. The zero-order valence-electron chi connectivity index (χ0n) is 18.0. The van der Waals surface area contributed by atoms with Crippen molar-refractivity contribution in [1.82, 2.24) is 10.2 Å². The smallest absolute Gasteiger partial charge is 0.224 e. The van der Waals surface area contributed by atoms with E-state index in [0.29, 0.717) is 11.5 Å². The molecule has 2 atom stereocenters. The van der Waals surface area contributed by atoms with Crippen LogP contribution in [0.2, 0.25) is 5.02 Å². The highest BCUT2D eigenvalue weighted by atomic mass is 35.5. The number of methoxy groups -OCH3 is 2. The van der Waals surface area contributed by atoms with Crippen molar-refractivity contribution in [1.29, 1.82) is 0 Å². The average molecular weight is 431 g/mol. The van der Waals surface area contributed by atoms with E-state index in [-0.39, 0.29) is 17.9 Å². The van der Waals surface area contributed by atoms with Gasteiger partial charge in [0.15, 0.2) is 11.5 Å². The average Bonchev–Trinajstić information content (AvgIpc) is 2.78. The first-order valence-corrected chi connectivity index (χ1v) is 10.9. The fourth-order valence-electron chi connectivity index (χ4n) is 4.06. The molecule has 162 valence electrons. The molecule has 0 bridgehead atoms. The first-order valence-electron chi connectivity index (χ1n) is 10.5. The van der Waals surface area contributed by atoms with Gasteiger partial charge < -0.3 is 14.8 Å². The van der Waals surface area contributed by atoms with Gasteiger partial charge in [-0.1, -0.05) is 42.8 Å². The molecule has 0 aliphatic carbocycles. The molecule has 2 aromatic carbocycles. The second kappa shape index (κ2) is 10.7. The van der Waals surface area contributed by atoms with Crippen molar-refractivity contribution in [2.24, 2.45) is 5.92 Å². The molecule has 1 aliphatic heterocycles. The summed E-state index contributed by atoms with van der Waals surface area (Å²) in [5.41, 5.74) is 2.13. The summed E-state index contributed by atoms with van der Waals surface area (Å²) in [4.78, 5) is 15.4. The SMILES string of the molecule is CC[C@@H](NC(=O)[C@@H]1CCCN(Cc2ccccc2Cl)C1)c1ccc(OC)c(OC)c1. The van der Waals surface area contributed by atoms with Crippen LogP contribution in [-0.2, 0) is 11.3 Å². The Morgan fingerprint density at radius 3 is 2.67 bits per heavy atom. The molecule has 0 spiro atoms. The van der Waals surface area contributed by atoms with Gasteiger partial charge in [0.2, 0.25) is 5.91 Å². The lowest BCUT2D eigenvalue weighted by molar-refractivity contribution is -0.127. The molecule has 2 aromatic rings. The summed E-state index contributed by atoms with van der Waals surface area (Å²) >= 11 is 6.32. The highest BCUT2D eigenvalue weighted by Gasteiger charge is 2.27. The number of hydrogen-bond acceptors (Lipinski definition) is 4. The minimum Gasteiger partial charge on any atom is -0.493 e. The van der Waals surface area contributed by atoms with Gasteiger partial charge in [0, 0.05) is 18.1 Å². The summed E-state index contributed by atoms with van der Waals surface area (Å²) in [7, 11) is 3.24. The van der Waals surface area contributed by atoms with E-state index in [0.717, 1.165) is 55.0 Å². The topological polar surface area (TPSA) is 50.8 Å². The van der Waals surface area contributed by atoms with Gasteiger partial charge in [-0.15, -0.1) is 0 Å². The fourth-order valence-corrected chi connectivity index (χ4v) is 4.26. The van der Waals surface area contributed by atoms with E-state index in [9.17, 15) is 4.79 Å². The van der Waals surface area contributed by atoms with Gasteiger partial charge in [0.25, 0.3) is 0 Å². The van der Waals surface area contributed by atoms with Gasteiger partial charge in [-0.05, 0) is 55.1 Å². The van der Waals surface area contributed by atoms with Crippen LogP contribution in [0.5, 0.6) is 11.5 Å². The number of benzene rings is 2. The molecule has 1 fully saturated rings. The molecular formula is C24H31ClN2O3. The number of ether oxygens (including phenoxy) is 2. The van der Waals surface area contributed by atoms with Gasteiger partial charge in [-0.25, -0.2) is 0 Å². The van der Waals surface area contributed by atoms with Crippen LogP contribution >= 0.6 is 11.6 Å². The molecule has 1 saturated heterocycles. The zero-order chi connectivity index (χ0) is 21.5. The molecule has 1 heterocycles. The predicted molar refractivity (Wildman–Crippen MR) is 120 cm³/mol. The summed E-state index contributed by atoms with van der Waals surface area (Å²) in [5.74, 6) is 1.45. The Bertz CT molecular complexity index is 858. The molecule has 5 nitrogen and oxygen atoms in total. The lowest BCUT2D eigenvalue weighted by Crippen LogP contribution is -2.43. The molecular weight excluding hydrogens is 400 g/mol. The number of nitrogens with one attached hydrogen (secondary N) is 1. The van der Waals surface area contributed by atoms with E-state index < -0.39 is 0 Å². The van der Waals surface area contributed by atoms with E-state index >= 15 is 0 Å². The Morgan fingerprint density at radius 2 is 1.97 bits per heavy atom.